The summed E-state index contributed by atoms with van der Waals surface area (Å²) in [6.07, 6.45) is 5.20. The van der Waals surface area contributed by atoms with Gasteiger partial charge in [0.1, 0.15) is 0 Å². The molecule has 0 unspecified atom stereocenters. The zero-order chi connectivity index (χ0) is 18.3. The first-order valence-electron chi connectivity index (χ1n) is 9.12. The first-order valence-corrected chi connectivity index (χ1v) is 10.0. The highest BCUT2D eigenvalue weighted by atomic mass is 32.1. The van der Waals surface area contributed by atoms with Crippen LogP contribution >= 0.6 is 11.3 Å². The van der Waals surface area contributed by atoms with Crippen molar-refractivity contribution >= 4 is 33.5 Å². The summed E-state index contributed by atoms with van der Waals surface area (Å²) in [4.78, 5) is 29.4. The van der Waals surface area contributed by atoms with Gasteiger partial charge in [0.25, 0.3) is 0 Å². The molecule has 1 spiro atoms. The molecule has 8 heteroatoms. The Morgan fingerprint density at radius 1 is 1.15 bits per heavy atom. The Balaban J connectivity index is 1.24. The van der Waals surface area contributed by atoms with Gasteiger partial charge in [-0.3, -0.25) is 9.80 Å². The van der Waals surface area contributed by atoms with Crippen LogP contribution in [0.3, 0.4) is 0 Å². The van der Waals surface area contributed by atoms with Gasteiger partial charge in [-0.15, -0.1) is 11.3 Å². The Labute approximate surface area is 161 Å². The smallest absolute Gasteiger partial charge is 0.324 e. The van der Waals surface area contributed by atoms with Crippen molar-refractivity contribution in [3.63, 3.8) is 0 Å². The van der Waals surface area contributed by atoms with Crippen molar-refractivity contribution in [3.05, 3.63) is 47.7 Å². The number of urea groups is 1. The number of piperidine rings is 1. The normalized spacial score (nSPS) is 19.7. The number of likely N-dealkylation sites (tertiary alicyclic amines) is 1. The third-order valence-corrected chi connectivity index (χ3v) is 6.30. The zero-order valence-electron chi connectivity index (χ0n) is 14.8. The molecule has 27 heavy (non-hydrogen) atoms. The summed E-state index contributed by atoms with van der Waals surface area (Å²) in [6.45, 7) is 3.47. The van der Waals surface area contributed by atoms with E-state index in [9.17, 15) is 4.79 Å². The minimum absolute atomic E-state index is 0.0939. The van der Waals surface area contributed by atoms with Gasteiger partial charge in [-0.05, 0) is 36.6 Å². The monoisotopic (exact) mass is 380 g/mol. The molecule has 4 heterocycles. The minimum atomic E-state index is -0.175. The second-order valence-corrected chi connectivity index (χ2v) is 8.16. The van der Waals surface area contributed by atoms with Gasteiger partial charge in [0.2, 0.25) is 5.95 Å². The average molecular weight is 380 g/mol. The number of benzene rings is 1. The average Bonchev–Trinajstić information content (AvgIpc) is 3.29. The third-order valence-electron chi connectivity index (χ3n) is 5.49. The lowest BCUT2D eigenvalue weighted by atomic mass is 9.88. The molecule has 0 radical (unpaired) electrons. The summed E-state index contributed by atoms with van der Waals surface area (Å²) in [5.41, 5.74) is 4.09. The van der Waals surface area contributed by atoms with Crippen LogP contribution in [0, 0.1) is 0 Å². The van der Waals surface area contributed by atoms with Crippen molar-refractivity contribution in [2.24, 2.45) is 0 Å². The molecule has 0 bridgehead atoms. The minimum Gasteiger partial charge on any atom is -0.330 e. The summed E-state index contributed by atoms with van der Waals surface area (Å²) >= 11 is 1.67. The number of hydrogen-bond acceptors (Lipinski definition) is 6. The van der Waals surface area contributed by atoms with E-state index < -0.39 is 0 Å². The Hall–Kier alpha value is -2.58. The molecule has 2 saturated heterocycles. The Kier molecular flexibility index (Phi) is 4.02. The van der Waals surface area contributed by atoms with Crippen LogP contribution in [0.2, 0.25) is 0 Å². The number of aromatic nitrogens is 3. The highest BCUT2D eigenvalue weighted by Crippen LogP contribution is 2.30. The van der Waals surface area contributed by atoms with Gasteiger partial charge >= 0.3 is 6.03 Å². The molecule has 2 aliphatic rings. The lowest BCUT2D eigenvalue weighted by Gasteiger charge is -2.38. The van der Waals surface area contributed by atoms with Crippen LogP contribution in [0.25, 0.3) is 10.2 Å². The predicted molar refractivity (Wildman–Crippen MR) is 105 cm³/mol. The first kappa shape index (κ1) is 16.6. The van der Waals surface area contributed by atoms with Crippen molar-refractivity contribution in [3.8, 4) is 0 Å². The number of hydrogen-bond donors (Lipinski definition) is 1. The topological polar surface area (TPSA) is 74.2 Å². The lowest BCUT2D eigenvalue weighted by molar-refractivity contribution is 0.151. The Morgan fingerprint density at radius 3 is 2.78 bits per heavy atom. The zero-order valence-corrected chi connectivity index (χ0v) is 15.7. The van der Waals surface area contributed by atoms with Gasteiger partial charge in [0.15, 0.2) is 0 Å². The molecule has 3 aromatic rings. The molecule has 1 N–H and O–H groups in total. The SMILES string of the molecule is O=C1NC2(CCN(Cc3ccc4scnc4c3)CC2)CN1c1ncccn1. The van der Waals surface area contributed by atoms with Gasteiger partial charge in [-0.2, -0.15) is 0 Å². The van der Waals surface area contributed by atoms with Crippen LogP contribution in [0.1, 0.15) is 18.4 Å². The molecule has 5 rings (SSSR count). The largest absolute Gasteiger partial charge is 0.330 e. The lowest BCUT2D eigenvalue weighted by Crippen LogP contribution is -2.52. The number of carbonyl (C=O) groups is 1. The fraction of sp³-hybridized carbons (Fsp3) is 0.368. The standard InChI is InChI=1S/C19H20N6OS/c26-18-23-19(12-25(18)17-20-6-1-7-21-17)4-8-24(9-5-19)11-14-2-3-16-15(10-14)22-13-27-16/h1-3,6-7,10,13H,4-5,8-9,11-12H2,(H,23,26). The predicted octanol–water partition coefficient (Wildman–Crippen LogP) is 2.65. The first-order chi connectivity index (χ1) is 13.2. The van der Waals surface area contributed by atoms with E-state index in [0.29, 0.717) is 12.5 Å². The highest BCUT2D eigenvalue weighted by Gasteiger charge is 2.45. The van der Waals surface area contributed by atoms with E-state index in [1.54, 1.807) is 34.7 Å². The molecule has 7 nitrogen and oxygen atoms in total. The summed E-state index contributed by atoms with van der Waals surface area (Å²) in [6, 6.07) is 8.19. The van der Waals surface area contributed by atoms with E-state index in [0.717, 1.165) is 38.0 Å². The molecule has 0 saturated carbocycles. The maximum atomic E-state index is 12.4. The van der Waals surface area contributed by atoms with E-state index in [1.807, 2.05) is 5.51 Å². The molecule has 2 aromatic heterocycles. The van der Waals surface area contributed by atoms with Gasteiger partial charge in [-0.1, -0.05) is 6.07 Å². The number of nitrogens with one attached hydrogen (secondary N) is 1. The van der Waals surface area contributed by atoms with Gasteiger partial charge in [-0.25, -0.2) is 19.7 Å². The van der Waals surface area contributed by atoms with E-state index in [1.165, 1.54) is 10.3 Å². The van der Waals surface area contributed by atoms with E-state index in [4.69, 9.17) is 0 Å². The van der Waals surface area contributed by atoms with E-state index >= 15 is 0 Å². The van der Waals surface area contributed by atoms with Crippen LogP contribution in [0.15, 0.2) is 42.2 Å². The Bertz CT molecular complexity index is 967. The molecule has 2 aliphatic heterocycles. The fourth-order valence-corrected chi connectivity index (χ4v) is 4.64. The van der Waals surface area contributed by atoms with Gasteiger partial charge < -0.3 is 5.32 Å². The van der Waals surface area contributed by atoms with Crippen LogP contribution in [-0.2, 0) is 6.54 Å². The third kappa shape index (κ3) is 3.15. The van der Waals surface area contributed by atoms with Crippen molar-refractivity contribution in [2.75, 3.05) is 24.5 Å². The highest BCUT2D eigenvalue weighted by molar-refractivity contribution is 7.16. The summed E-state index contributed by atoms with van der Waals surface area (Å²) < 4.78 is 1.23. The molecule has 0 atom stereocenters. The molecular weight excluding hydrogens is 360 g/mol. The van der Waals surface area contributed by atoms with Crippen molar-refractivity contribution in [1.82, 2.24) is 25.2 Å². The molecule has 2 amide bonds. The summed E-state index contributed by atoms with van der Waals surface area (Å²) in [5, 5.41) is 3.19. The number of fused-ring (bicyclic) bond motifs is 1. The number of nitrogens with zero attached hydrogens (tertiary/aromatic N) is 5. The van der Waals surface area contributed by atoms with Crippen LogP contribution in [-0.4, -0.2) is 51.1 Å². The van der Waals surface area contributed by atoms with Gasteiger partial charge in [0.05, 0.1) is 27.8 Å². The number of anilines is 1. The quantitative estimate of drug-likeness (QED) is 0.756. The van der Waals surface area contributed by atoms with Crippen molar-refractivity contribution in [1.29, 1.82) is 0 Å². The Morgan fingerprint density at radius 2 is 1.96 bits per heavy atom. The van der Waals surface area contributed by atoms with Crippen LogP contribution in [0.5, 0.6) is 0 Å². The number of rotatable bonds is 3. The van der Waals surface area contributed by atoms with Crippen molar-refractivity contribution in [2.45, 2.75) is 24.9 Å². The molecule has 2 fully saturated rings. The molecule has 138 valence electrons. The number of carbonyl (C=O) groups excluding carboxylic acids is 1. The van der Waals surface area contributed by atoms with Crippen LogP contribution in [0.4, 0.5) is 10.7 Å². The summed E-state index contributed by atoms with van der Waals surface area (Å²) in [7, 11) is 0. The molecular formula is C19H20N6OS. The van der Waals surface area contributed by atoms with E-state index in [2.05, 4.69) is 43.4 Å². The maximum Gasteiger partial charge on any atom is 0.324 e. The number of thiazole rings is 1. The van der Waals surface area contributed by atoms with Crippen molar-refractivity contribution < 1.29 is 4.79 Å². The molecule has 0 aliphatic carbocycles. The fourth-order valence-electron chi connectivity index (χ4n) is 3.98. The second kappa shape index (κ2) is 6.54. The summed E-state index contributed by atoms with van der Waals surface area (Å²) in [5.74, 6) is 0.478. The van der Waals surface area contributed by atoms with Gasteiger partial charge in [0, 0.05) is 32.0 Å². The maximum absolute atomic E-state index is 12.4. The second-order valence-electron chi connectivity index (χ2n) is 7.28. The van der Waals surface area contributed by atoms with Crippen LogP contribution < -0.4 is 10.2 Å². The number of amides is 2. The van der Waals surface area contributed by atoms with E-state index in [-0.39, 0.29) is 11.6 Å². The molecule has 1 aromatic carbocycles.